The third-order valence-electron chi connectivity index (χ3n) is 5.09. The smallest absolute Gasteiger partial charge is 0.254 e. The normalized spacial score (nSPS) is 22.8. The Labute approximate surface area is 148 Å². The van der Waals surface area contributed by atoms with Crippen LogP contribution in [0.2, 0.25) is 0 Å². The molecule has 1 aromatic carbocycles. The van der Waals surface area contributed by atoms with E-state index in [9.17, 15) is 18.0 Å². The number of hydrogen-bond acceptors (Lipinski definition) is 4. The fraction of sp³-hybridized carbons (Fsp3) is 0.556. The lowest BCUT2D eigenvalue weighted by Gasteiger charge is -2.35. The quantitative estimate of drug-likeness (QED) is 0.805. The van der Waals surface area contributed by atoms with Gasteiger partial charge in [0.1, 0.15) is 0 Å². The summed E-state index contributed by atoms with van der Waals surface area (Å²) in [6.07, 6.45) is 0.880. The van der Waals surface area contributed by atoms with E-state index < -0.39 is 9.84 Å². The van der Waals surface area contributed by atoms with Crippen molar-refractivity contribution in [1.29, 1.82) is 0 Å². The number of aryl methyl sites for hydroxylation is 1. The molecule has 0 radical (unpaired) electrons. The minimum Gasteiger partial charge on any atom is -0.339 e. The molecule has 2 aliphatic heterocycles. The molecule has 2 amide bonds. The Morgan fingerprint density at radius 1 is 1.08 bits per heavy atom. The van der Waals surface area contributed by atoms with Gasteiger partial charge in [-0.25, -0.2) is 8.42 Å². The van der Waals surface area contributed by atoms with Crippen LogP contribution in [0.4, 0.5) is 0 Å². The summed E-state index contributed by atoms with van der Waals surface area (Å²) < 4.78 is 23.0. The Morgan fingerprint density at radius 3 is 2.32 bits per heavy atom. The lowest BCUT2D eigenvalue weighted by atomic mass is 10.0. The minimum atomic E-state index is -2.95. The zero-order valence-electron chi connectivity index (χ0n) is 14.5. The second-order valence-electron chi connectivity index (χ2n) is 6.96. The summed E-state index contributed by atoms with van der Waals surface area (Å²) in [7, 11) is -2.95. The molecule has 6 nitrogen and oxygen atoms in total. The Kier molecular flexibility index (Phi) is 5.13. The predicted molar refractivity (Wildman–Crippen MR) is 95.0 cm³/mol. The van der Waals surface area contributed by atoms with E-state index in [0.717, 1.165) is 5.56 Å². The van der Waals surface area contributed by atoms with Crippen LogP contribution in [0.5, 0.6) is 0 Å². The second-order valence-corrected chi connectivity index (χ2v) is 9.19. The molecule has 2 aliphatic rings. The van der Waals surface area contributed by atoms with Crippen LogP contribution in [0, 0.1) is 12.8 Å². The lowest BCUT2D eigenvalue weighted by Crippen LogP contribution is -2.51. The maximum absolute atomic E-state index is 12.6. The number of amides is 2. The first-order valence-corrected chi connectivity index (χ1v) is 10.5. The van der Waals surface area contributed by atoms with Gasteiger partial charge in [0.15, 0.2) is 9.84 Å². The Bertz CT molecular complexity index is 767. The third-order valence-corrected chi connectivity index (χ3v) is 6.92. The molecule has 3 rings (SSSR count). The highest BCUT2D eigenvalue weighted by molar-refractivity contribution is 7.91. The molecule has 7 heteroatoms. The highest BCUT2D eigenvalue weighted by atomic mass is 32.2. The van der Waals surface area contributed by atoms with Crippen molar-refractivity contribution < 1.29 is 18.0 Å². The summed E-state index contributed by atoms with van der Waals surface area (Å²) in [5.74, 6) is 0.287. The molecule has 25 heavy (non-hydrogen) atoms. The van der Waals surface area contributed by atoms with Gasteiger partial charge in [-0.3, -0.25) is 9.59 Å². The zero-order valence-corrected chi connectivity index (χ0v) is 15.3. The molecule has 0 spiro atoms. The standard InChI is InChI=1S/C18H24N2O4S/c1-14-4-2-3-5-16(14)18(22)20-9-7-19(8-10-20)17(21)12-15-6-11-25(23,24)13-15/h2-5,15H,6-13H2,1H3. The van der Waals surface area contributed by atoms with E-state index >= 15 is 0 Å². The summed E-state index contributed by atoms with van der Waals surface area (Å²) in [6.45, 7) is 3.97. The number of rotatable bonds is 3. The molecule has 1 atom stereocenters. The first-order chi connectivity index (χ1) is 11.9. The number of benzene rings is 1. The van der Waals surface area contributed by atoms with Crippen LogP contribution in [0.1, 0.15) is 28.8 Å². The van der Waals surface area contributed by atoms with Crippen molar-refractivity contribution in [2.45, 2.75) is 19.8 Å². The number of nitrogens with zero attached hydrogens (tertiary/aromatic N) is 2. The Balaban J connectivity index is 1.52. The number of carbonyl (C=O) groups excluding carboxylic acids is 2. The Morgan fingerprint density at radius 2 is 1.72 bits per heavy atom. The first-order valence-electron chi connectivity index (χ1n) is 8.69. The third kappa shape index (κ3) is 4.21. The van der Waals surface area contributed by atoms with Gasteiger partial charge in [0.25, 0.3) is 5.91 Å². The maximum Gasteiger partial charge on any atom is 0.254 e. The van der Waals surface area contributed by atoms with Crippen LogP contribution in [-0.4, -0.2) is 67.7 Å². The number of piperazine rings is 1. The van der Waals surface area contributed by atoms with Crippen molar-refractivity contribution >= 4 is 21.7 Å². The van der Waals surface area contributed by atoms with Crippen LogP contribution in [-0.2, 0) is 14.6 Å². The molecular formula is C18H24N2O4S. The molecule has 2 heterocycles. The highest BCUT2D eigenvalue weighted by Crippen LogP contribution is 2.23. The van der Waals surface area contributed by atoms with Gasteiger partial charge in [-0.2, -0.15) is 0 Å². The SMILES string of the molecule is Cc1ccccc1C(=O)N1CCN(C(=O)CC2CCS(=O)(=O)C2)CC1. The lowest BCUT2D eigenvalue weighted by molar-refractivity contribution is -0.133. The molecule has 136 valence electrons. The van der Waals surface area contributed by atoms with Crippen molar-refractivity contribution in [2.75, 3.05) is 37.7 Å². The summed E-state index contributed by atoms with van der Waals surface area (Å²) in [5, 5.41) is 0. The monoisotopic (exact) mass is 364 g/mol. The fourth-order valence-corrected chi connectivity index (χ4v) is 5.41. The van der Waals surface area contributed by atoms with Gasteiger partial charge < -0.3 is 9.80 Å². The fourth-order valence-electron chi connectivity index (χ4n) is 3.55. The number of carbonyl (C=O) groups is 2. The summed E-state index contributed by atoms with van der Waals surface area (Å²) in [5.41, 5.74) is 1.66. The largest absolute Gasteiger partial charge is 0.339 e. The maximum atomic E-state index is 12.6. The van der Waals surface area contributed by atoms with Crippen LogP contribution < -0.4 is 0 Å². The van der Waals surface area contributed by atoms with Gasteiger partial charge in [0, 0.05) is 38.2 Å². The van der Waals surface area contributed by atoms with Crippen molar-refractivity contribution in [2.24, 2.45) is 5.92 Å². The van der Waals surface area contributed by atoms with E-state index in [1.807, 2.05) is 31.2 Å². The van der Waals surface area contributed by atoms with E-state index in [2.05, 4.69) is 0 Å². The van der Waals surface area contributed by atoms with Gasteiger partial charge in [0.05, 0.1) is 11.5 Å². The molecule has 2 saturated heterocycles. The van der Waals surface area contributed by atoms with E-state index in [1.54, 1.807) is 9.80 Å². The van der Waals surface area contributed by atoms with Crippen LogP contribution >= 0.6 is 0 Å². The zero-order chi connectivity index (χ0) is 18.0. The molecule has 1 unspecified atom stereocenters. The van der Waals surface area contributed by atoms with Gasteiger partial charge in [-0.15, -0.1) is 0 Å². The first kappa shape index (κ1) is 17.9. The van der Waals surface area contributed by atoms with Gasteiger partial charge in [-0.1, -0.05) is 18.2 Å². The van der Waals surface area contributed by atoms with E-state index in [4.69, 9.17) is 0 Å². The molecule has 0 N–H and O–H groups in total. The molecule has 2 fully saturated rings. The summed E-state index contributed by atoms with van der Waals surface area (Å²) >= 11 is 0. The average molecular weight is 364 g/mol. The second kappa shape index (κ2) is 7.15. The Hall–Kier alpha value is -1.89. The van der Waals surface area contributed by atoms with E-state index in [0.29, 0.717) is 44.6 Å². The summed E-state index contributed by atoms with van der Waals surface area (Å²) in [4.78, 5) is 28.5. The molecular weight excluding hydrogens is 340 g/mol. The van der Waals surface area contributed by atoms with Gasteiger partial charge >= 0.3 is 0 Å². The van der Waals surface area contributed by atoms with Crippen LogP contribution in [0.25, 0.3) is 0 Å². The van der Waals surface area contributed by atoms with Gasteiger partial charge in [0.2, 0.25) is 5.91 Å². The van der Waals surface area contributed by atoms with E-state index in [1.165, 1.54) is 0 Å². The van der Waals surface area contributed by atoms with Crippen molar-refractivity contribution in [3.05, 3.63) is 35.4 Å². The molecule has 0 aliphatic carbocycles. The van der Waals surface area contributed by atoms with Crippen LogP contribution in [0.15, 0.2) is 24.3 Å². The average Bonchev–Trinajstić information content (AvgIpc) is 2.93. The molecule has 0 saturated carbocycles. The van der Waals surface area contributed by atoms with Gasteiger partial charge in [-0.05, 0) is 30.9 Å². The minimum absolute atomic E-state index is 0.00471. The highest BCUT2D eigenvalue weighted by Gasteiger charge is 2.32. The van der Waals surface area contributed by atoms with Crippen molar-refractivity contribution in [1.82, 2.24) is 9.80 Å². The topological polar surface area (TPSA) is 74.8 Å². The van der Waals surface area contributed by atoms with Crippen LogP contribution in [0.3, 0.4) is 0 Å². The molecule has 1 aromatic rings. The molecule has 0 aromatic heterocycles. The van der Waals surface area contributed by atoms with Crippen molar-refractivity contribution in [3.8, 4) is 0 Å². The van der Waals surface area contributed by atoms with Crippen molar-refractivity contribution in [3.63, 3.8) is 0 Å². The van der Waals surface area contributed by atoms with E-state index in [-0.39, 0.29) is 29.2 Å². The number of hydrogen-bond donors (Lipinski definition) is 0. The molecule has 0 bridgehead atoms. The number of sulfone groups is 1. The summed E-state index contributed by atoms with van der Waals surface area (Å²) in [6, 6.07) is 7.51. The predicted octanol–water partition coefficient (Wildman–Crippen LogP) is 1.10.